The Morgan fingerprint density at radius 2 is 1.50 bits per heavy atom. The fraction of sp³-hybridized carbons (Fsp3) is 0.667. The monoisotopic (exact) mass is 293 g/mol. The second-order valence-corrected chi connectivity index (χ2v) is 9.36. The van der Waals surface area contributed by atoms with Gasteiger partial charge >= 0.3 is 0 Å². The molecule has 4 fully saturated rings. The molecule has 5 rings (SSSR count). The summed E-state index contributed by atoms with van der Waals surface area (Å²) in [6.45, 7) is 6.77. The molecule has 0 amide bonds. The molecule has 0 aromatic heterocycles. The van der Waals surface area contributed by atoms with Gasteiger partial charge in [-0.1, -0.05) is 26.8 Å². The van der Waals surface area contributed by atoms with Gasteiger partial charge in [0.25, 0.3) is 0 Å². The fourth-order valence-corrected chi connectivity index (χ4v) is 5.90. The van der Waals surface area contributed by atoms with E-state index >= 15 is 0 Å². The molecule has 0 N–H and O–H groups in total. The number of benzene rings is 1. The van der Waals surface area contributed by atoms with E-state index in [0.717, 1.165) is 23.3 Å². The number of nitriles is 1. The van der Waals surface area contributed by atoms with Crippen molar-refractivity contribution >= 4 is 0 Å². The zero-order chi connectivity index (χ0) is 15.5. The van der Waals surface area contributed by atoms with Crippen LogP contribution in [0, 0.1) is 29.1 Å². The summed E-state index contributed by atoms with van der Waals surface area (Å²) < 4.78 is 0. The van der Waals surface area contributed by atoms with Crippen molar-refractivity contribution in [1.82, 2.24) is 0 Å². The first-order chi connectivity index (χ1) is 10.4. The van der Waals surface area contributed by atoms with Crippen molar-refractivity contribution in [2.75, 3.05) is 0 Å². The second-order valence-electron chi connectivity index (χ2n) is 9.36. The van der Waals surface area contributed by atoms with Crippen LogP contribution in [0.1, 0.15) is 76.0 Å². The largest absolute Gasteiger partial charge is 0.192 e. The van der Waals surface area contributed by atoms with Gasteiger partial charge in [-0.2, -0.15) is 5.26 Å². The maximum Gasteiger partial charge on any atom is 0.0991 e. The lowest BCUT2D eigenvalue weighted by Gasteiger charge is -2.57. The molecule has 0 heterocycles. The maximum atomic E-state index is 9.48. The smallest absolute Gasteiger partial charge is 0.0991 e. The van der Waals surface area contributed by atoms with E-state index in [0.29, 0.717) is 5.41 Å². The Morgan fingerprint density at radius 3 is 1.95 bits per heavy atom. The summed E-state index contributed by atoms with van der Waals surface area (Å²) >= 11 is 0. The molecular weight excluding hydrogens is 266 g/mol. The molecule has 0 atom stereocenters. The van der Waals surface area contributed by atoms with Gasteiger partial charge < -0.3 is 0 Å². The average Bonchev–Trinajstić information content (AvgIpc) is 2.44. The van der Waals surface area contributed by atoms with Gasteiger partial charge in [0.1, 0.15) is 0 Å². The summed E-state index contributed by atoms with van der Waals surface area (Å²) in [5, 5.41) is 9.48. The molecular formula is C21H27N. The van der Waals surface area contributed by atoms with Crippen LogP contribution in [0.5, 0.6) is 0 Å². The summed E-state index contributed by atoms with van der Waals surface area (Å²) in [7, 11) is 0. The Kier molecular flexibility index (Phi) is 3.00. The first kappa shape index (κ1) is 14.3. The van der Waals surface area contributed by atoms with Crippen LogP contribution >= 0.6 is 0 Å². The van der Waals surface area contributed by atoms with Crippen molar-refractivity contribution in [2.45, 2.75) is 70.1 Å². The standard InChI is InChI=1S/C21H27N/c1-20(2,3)18-7-17(13-22)8-19(9-18)21-10-14-4-15(11-21)6-16(5-14)12-21/h7-9,14-16H,4-6,10-12H2,1-3H3. The molecule has 1 heteroatoms. The van der Waals surface area contributed by atoms with Crippen LogP contribution in [-0.4, -0.2) is 0 Å². The molecule has 0 saturated heterocycles. The van der Waals surface area contributed by atoms with Crippen molar-refractivity contribution in [3.8, 4) is 6.07 Å². The van der Waals surface area contributed by atoms with Crippen molar-refractivity contribution in [3.63, 3.8) is 0 Å². The molecule has 0 aliphatic heterocycles. The highest BCUT2D eigenvalue weighted by atomic mass is 14.6. The first-order valence-electron chi connectivity index (χ1n) is 8.94. The Balaban J connectivity index is 1.81. The Morgan fingerprint density at radius 1 is 0.955 bits per heavy atom. The zero-order valence-electron chi connectivity index (χ0n) is 14.2. The van der Waals surface area contributed by atoms with E-state index in [4.69, 9.17) is 0 Å². The van der Waals surface area contributed by atoms with Crippen LogP contribution in [0.2, 0.25) is 0 Å². The average molecular weight is 293 g/mol. The van der Waals surface area contributed by atoms with Crippen molar-refractivity contribution < 1.29 is 0 Å². The van der Waals surface area contributed by atoms with E-state index in [-0.39, 0.29) is 5.41 Å². The van der Waals surface area contributed by atoms with E-state index in [1.807, 2.05) is 0 Å². The van der Waals surface area contributed by atoms with Crippen molar-refractivity contribution in [3.05, 3.63) is 34.9 Å². The normalized spacial score (nSPS) is 36.4. The van der Waals surface area contributed by atoms with E-state index in [1.54, 1.807) is 0 Å². The lowest BCUT2D eigenvalue weighted by molar-refractivity contribution is -0.00525. The Bertz CT molecular complexity index is 606. The molecule has 4 saturated carbocycles. The van der Waals surface area contributed by atoms with E-state index in [1.165, 1.54) is 49.7 Å². The van der Waals surface area contributed by atoms with Crippen LogP contribution in [-0.2, 0) is 10.8 Å². The summed E-state index contributed by atoms with van der Waals surface area (Å²) in [6, 6.07) is 9.16. The van der Waals surface area contributed by atoms with Gasteiger partial charge in [0.05, 0.1) is 11.6 Å². The second kappa shape index (κ2) is 4.60. The molecule has 0 radical (unpaired) electrons. The highest BCUT2D eigenvalue weighted by Gasteiger charge is 2.51. The molecule has 0 spiro atoms. The van der Waals surface area contributed by atoms with E-state index < -0.39 is 0 Å². The topological polar surface area (TPSA) is 23.8 Å². The fourth-order valence-electron chi connectivity index (χ4n) is 5.90. The molecule has 1 nitrogen and oxygen atoms in total. The third-order valence-corrected chi connectivity index (χ3v) is 6.58. The Labute approximate surface area is 134 Å². The molecule has 4 bridgehead atoms. The molecule has 0 unspecified atom stereocenters. The predicted molar refractivity (Wildman–Crippen MR) is 89.7 cm³/mol. The number of rotatable bonds is 1. The molecule has 1 aromatic carbocycles. The minimum absolute atomic E-state index is 0.115. The predicted octanol–water partition coefficient (Wildman–Crippen LogP) is 5.32. The maximum absolute atomic E-state index is 9.48. The lowest BCUT2D eigenvalue weighted by atomic mass is 9.48. The molecule has 22 heavy (non-hydrogen) atoms. The minimum atomic E-state index is 0.115. The van der Waals surface area contributed by atoms with Gasteiger partial charge in [-0.3, -0.25) is 0 Å². The van der Waals surface area contributed by atoms with Gasteiger partial charge in [0, 0.05) is 0 Å². The Hall–Kier alpha value is -1.29. The van der Waals surface area contributed by atoms with E-state index in [9.17, 15) is 5.26 Å². The highest BCUT2D eigenvalue weighted by Crippen LogP contribution is 2.60. The van der Waals surface area contributed by atoms with Gasteiger partial charge in [-0.05, 0) is 90.4 Å². The first-order valence-corrected chi connectivity index (χ1v) is 8.94. The summed E-state index contributed by atoms with van der Waals surface area (Å²) in [5.74, 6) is 2.86. The van der Waals surface area contributed by atoms with Crippen LogP contribution < -0.4 is 0 Å². The summed E-state index contributed by atoms with van der Waals surface area (Å²) in [6.07, 6.45) is 8.54. The van der Waals surface area contributed by atoms with Gasteiger partial charge in [0.15, 0.2) is 0 Å². The van der Waals surface area contributed by atoms with Crippen molar-refractivity contribution in [1.29, 1.82) is 5.26 Å². The highest BCUT2D eigenvalue weighted by molar-refractivity contribution is 5.44. The van der Waals surface area contributed by atoms with Crippen LogP contribution in [0.3, 0.4) is 0 Å². The zero-order valence-corrected chi connectivity index (χ0v) is 14.2. The van der Waals surface area contributed by atoms with Crippen LogP contribution in [0.15, 0.2) is 18.2 Å². The van der Waals surface area contributed by atoms with Crippen LogP contribution in [0.4, 0.5) is 0 Å². The third-order valence-electron chi connectivity index (χ3n) is 6.58. The molecule has 1 aromatic rings. The molecule has 4 aliphatic rings. The molecule has 116 valence electrons. The minimum Gasteiger partial charge on any atom is -0.192 e. The third kappa shape index (κ3) is 2.19. The molecule has 4 aliphatic carbocycles. The van der Waals surface area contributed by atoms with Gasteiger partial charge in [-0.15, -0.1) is 0 Å². The number of hydrogen-bond donors (Lipinski definition) is 0. The summed E-state index contributed by atoms with van der Waals surface area (Å²) in [4.78, 5) is 0. The van der Waals surface area contributed by atoms with Gasteiger partial charge in [0.2, 0.25) is 0 Å². The van der Waals surface area contributed by atoms with Crippen molar-refractivity contribution in [2.24, 2.45) is 17.8 Å². The lowest BCUT2D eigenvalue weighted by Crippen LogP contribution is -2.48. The number of nitrogens with zero attached hydrogens (tertiary/aromatic N) is 1. The summed E-state index contributed by atoms with van der Waals surface area (Å²) in [5.41, 5.74) is 4.18. The van der Waals surface area contributed by atoms with E-state index in [2.05, 4.69) is 45.0 Å². The quantitative estimate of drug-likeness (QED) is 0.687. The SMILES string of the molecule is CC(C)(C)c1cc(C#N)cc(C23CC4CC(CC(C4)C2)C3)c1. The number of hydrogen-bond acceptors (Lipinski definition) is 1. The van der Waals surface area contributed by atoms with Crippen LogP contribution in [0.25, 0.3) is 0 Å². The van der Waals surface area contributed by atoms with Gasteiger partial charge in [-0.25, -0.2) is 0 Å².